The number of hydrogen-bond donors (Lipinski definition) is 0. The van der Waals surface area contributed by atoms with Gasteiger partial charge in [-0.05, 0) is 34.5 Å². The minimum absolute atomic E-state index is 0.0313. The fraction of sp³-hybridized carbons (Fsp3) is 0.389. The number of urea groups is 1. The number of benzene rings is 2. The Bertz CT molecular complexity index is 714. The molecule has 3 rings (SSSR count). The van der Waals surface area contributed by atoms with Gasteiger partial charge >= 0.3 is 6.03 Å². The highest BCUT2D eigenvalue weighted by atomic mass is 16.5. The van der Waals surface area contributed by atoms with Crippen molar-refractivity contribution < 1.29 is 14.3 Å². The molecule has 2 aromatic carbocycles. The Labute approximate surface area is 136 Å². The lowest BCUT2D eigenvalue weighted by Crippen LogP contribution is -2.46. The van der Waals surface area contributed by atoms with Crippen LogP contribution < -0.4 is 4.74 Å². The van der Waals surface area contributed by atoms with Crippen LogP contribution in [0.5, 0.6) is 5.75 Å². The van der Waals surface area contributed by atoms with Crippen molar-refractivity contribution >= 4 is 16.8 Å². The molecule has 2 amide bonds. The Morgan fingerprint density at radius 3 is 2.70 bits per heavy atom. The van der Waals surface area contributed by atoms with Crippen molar-refractivity contribution in [1.82, 2.24) is 9.80 Å². The first-order chi connectivity index (χ1) is 11.1. The molecule has 122 valence electrons. The first-order valence-corrected chi connectivity index (χ1v) is 7.74. The molecule has 1 atom stereocenters. The maximum absolute atomic E-state index is 12.1. The van der Waals surface area contributed by atoms with Crippen LogP contribution >= 0.6 is 0 Å². The highest BCUT2D eigenvalue weighted by Crippen LogP contribution is 2.28. The first kappa shape index (κ1) is 15.6. The summed E-state index contributed by atoms with van der Waals surface area (Å²) >= 11 is 0. The van der Waals surface area contributed by atoms with Gasteiger partial charge in [-0.2, -0.15) is 0 Å². The Morgan fingerprint density at radius 1 is 1.22 bits per heavy atom. The molecule has 1 aliphatic rings. The van der Waals surface area contributed by atoms with Gasteiger partial charge in [-0.25, -0.2) is 4.79 Å². The summed E-state index contributed by atoms with van der Waals surface area (Å²) < 4.78 is 11.1. The first-order valence-electron chi connectivity index (χ1n) is 7.74. The normalized spacial score (nSPS) is 18.0. The van der Waals surface area contributed by atoms with E-state index in [4.69, 9.17) is 9.47 Å². The number of carbonyl (C=O) groups is 1. The summed E-state index contributed by atoms with van der Waals surface area (Å²) in [5, 5.41) is 2.27. The van der Waals surface area contributed by atoms with E-state index < -0.39 is 0 Å². The topological polar surface area (TPSA) is 42.0 Å². The van der Waals surface area contributed by atoms with Gasteiger partial charge in [-0.3, -0.25) is 0 Å². The molecular weight excluding hydrogens is 292 g/mol. The number of rotatable bonds is 2. The molecule has 5 nitrogen and oxygen atoms in total. The maximum atomic E-state index is 12.1. The van der Waals surface area contributed by atoms with Gasteiger partial charge in [-0.1, -0.05) is 18.2 Å². The van der Waals surface area contributed by atoms with Crippen LogP contribution in [0, 0.1) is 0 Å². The standard InChI is InChI=1S/C18H22N2O3/c1-19(2)18(21)20-8-9-23-17(12-20)15-5-4-14-11-16(22-3)7-6-13(14)10-15/h4-7,10-11,17H,8-9,12H2,1-3H3. The number of morpholine rings is 1. The highest BCUT2D eigenvalue weighted by Gasteiger charge is 2.26. The Hall–Kier alpha value is -2.27. The molecule has 0 spiro atoms. The molecular formula is C18H22N2O3. The number of amides is 2. The Morgan fingerprint density at radius 2 is 1.96 bits per heavy atom. The summed E-state index contributed by atoms with van der Waals surface area (Å²) in [6, 6.07) is 12.3. The minimum atomic E-state index is -0.0841. The quantitative estimate of drug-likeness (QED) is 0.856. The largest absolute Gasteiger partial charge is 0.497 e. The van der Waals surface area contributed by atoms with Crippen molar-refractivity contribution in [2.24, 2.45) is 0 Å². The van der Waals surface area contributed by atoms with E-state index in [1.54, 1.807) is 26.1 Å². The summed E-state index contributed by atoms with van der Waals surface area (Å²) in [4.78, 5) is 15.6. The predicted molar refractivity (Wildman–Crippen MR) is 89.8 cm³/mol. The van der Waals surface area contributed by atoms with Crippen molar-refractivity contribution in [3.05, 3.63) is 42.0 Å². The molecule has 0 aliphatic carbocycles. The van der Waals surface area contributed by atoms with Gasteiger partial charge in [0.1, 0.15) is 11.9 Å². The van der Waals surface area contributed by atoms with Gasteiger partial charge in [0.25, 0.3) is 0 Å². The van der Waals surface area contributed by atoms with Gasteiger partial charge in [0.05, 0.1) is 20.3 Å². The number of methoxy groups -OCH3 is 1. The monoisotopic (exact) mass is 314 g/mol. The molecule has 1 heterocycles. The van der Waals surface area contributed by atoms with Gasteiger partial charge in [0.2, 0.25) is 0 Å². The summed E-state index contributed by atoms with van der Waals surface area (Å²) in [6.07, 6.45) is -0.0841. The number of hydrogen-bond acceptors (Lipinski definition) is 3. The summed E-state index contributed by atoms with van der Waals surface area (Å²) in [6.45, 7) is 1.78. The second-order valence-corrected chi connectivity index (χ2v) is 5.95. The van der Waals surface area contributed by atoms with E-state index in [0.717, 1.165) is 22.1 Å². The molecule has 0 aromatic heterocycles. The molecule has 0 saturated carbocycles. The number of carbonyl (C=O) groups excluding carboxylic acids is 1. The van der Waals surface area contributed by atoms with E-state index >= 15 is 0 Å². The van der Waals surface area contributed by atoms with Crippen molar-refractivity contribution in [1.29, 1.82) is 0 Å². The molecule has 23 heavy (non-hydrogen) atoms. The second-order valence-electron chi connectivity index (χ2n) is 5.95. The molecule has 5 heteroatoms. The summed E-state index contributed by atoms with van der Waals surface area (Å²) in [7, 11) is 5.22. The number of nitrogens with zero attached hydrogens (tertiary/aromatic N) is 2. The van der Waals surface area contributed by atoms with Gasteiger partial charge in [0.15, 0.2) is 0 Å². The van der Waals surface area contributed by atoms with Crippen LogP contribution in [-0.2, 0) is 4.74 Å². The number of fused-ring (bicyclic) bond motifs is 1. The maximum Gasteiger partial charge on any atom is 0.319 e. The van der Waals surface area contributed by atoms with E-state index in [1.165, 1.54) is 0 Å². The van der Waals surface area contributed by atoms with Crippen molar-refractivity contribution in [3.63, 3.8) is 0 Å². The fourth-order valence-corrected chi connectivity index (χ4v) is 2.88. The zero-order chi connectivity index (χ0) is 16.4. The predicted octanol–water partition coefficient (Wildman–Crippen LogP) is 2.90. The Kier molecular flexibility index (Phi) is 4.39. The highest BCUT2D eigenvalue weighted by molar-refractivity contribution is 5.84. The van der Waals surface area contributed by atoms with Gasteiger partial charge in [0, 0.05) is 20.6 Å². The third-order valence-corrected chi connectivity index (χ3v) is 4.16. The average molecular weight is 314 g/mol. The smallest absolute Gasteiger partial charge is 0.319 e. The van der Waals surface area contributed by atoms with E-state index in [9.17, 15) is 4.79 Å². The van der Waals surface area contributed by atoms with E-state index in [-0.39, 0.29) is 12.1 Å². The van der Waals surface area contributed by atoms with E-state index in [0.29, 0.717) is 19.7 Å². The molecule has 1 saturated heterocycles. The van der Waals surface area contributed by atoms with Crippen molar-refractivity contribution in [2.75, 3.05) is 40.9 Å². The second kappa shape index (κ2) is 6.46. The van der Waals surface area contributed by atoms with Crippen molar-refractivity contribution in [3.8, 4) is 5.75 Å². The minimum Gasteiger partial charge on any atom is -0.497 e. The molecule has 1 aliphatic heterocycles. The van der Waals surface area contributed by atoms with E-state index in [2.05, 4.69) is 18.2 Å². The zero-order valence-electron chi connectivity index (χ0n) is 13.8. The lowest BCUT2D eigenvalue weighted by Gasteiger charge is -2.34. The fourth-order valence-electron chi connectivity index (χ4n) is 2.88. The van der Waals surface area contributed by atoms with Crippen LogP contribution in [0.1, 0.15) is 11.7 Å². The number of ether oxygens (including phenoxy) is 2. The molecule has 0 N–H and O–H groups in total. The van der Waals surface area contributed by atoms with Crippen LogP contribution in [0.2, 0.25) is 0 Å². The SMILES string of the molecule is COc1ccc2cc(C3CN(C(=O)N(C)C)CCO3)ccc2c1. The summed E-state index contributed by atoms with van der Waals surface area (Å²) in [5.74, 6) is 0.849. The lowest BCUT2D eigenvalue weighted by molar-refractivity contribution is -0.0188. The van der Waals surface area contributed by atoms with Crippen LogP contribution in [0.3, 0.4) is 0 Å². The molecule has 1 fully saturated rings. The lowest BCUT2D eigenvalue weighted by atomic mass is 10.0. The van der Waals surface area contributed by atoms with Crippen LogP contribution in [0.25, 0.3) is 10.8 Å². The van der Waals surface area contributed by atoms with E-state index in [1.807, 2.05) is 23.1 Å². The molecule has 2 aromatic rings. The molecule has 0 radical (unpaired) electrons. The van der Waals surface area contributed by atoms with Gasteiger partial charge < -0.3 is 19.3 Å². The third kappa shape index (κ3) is 3.24. The average Bonchev–Trinajstić information content (AvgIpc) is 2.60. The summed E-state index contributed by atoms with van der Waals surface area (Å²) in [5.41, 5.74) is 1.10. The van der Waals surface area contributed by atoms with Crippen LogP contribution in [0.15, 0.2) is 36.4 Å². The van der Waals surface area contributed by atoms with Crippen LogP contribution in [-0.4, -0.2) is 56.7 Å². The molecule has 0 bridgehead atoms. The third-order valence-electron chi connectivity index (χ3n) is 4.16. The van der Waals surface area contributed by atoms with Crippen molar-refractivity contribution in [2.45, 2.75) is 6.10 Å². The zero-order valence-corrected chi connectivity index (χ0v) is 13.8. The van der Waals surface area contributed by atoms with Gasteiger partial charge in [-0.15, -0.1) is 0 Å². The molecule has 1 unspecified atom stereocenters. The Balaban J connectivity index is 1.83. The van der Waals surface area contributed by atoms with Crippen LogP contribution in [0.4, 0.5) is 4.79 Å².